The van der Waals surface area contributed by atoms with E-state index in [4.69, 9.17) is 14.2 Å². The van der Waals surface area contributed by atoms with Gasteiger partial charge >= 0.3 is 0 Å². The number of fused-ring (bicyclic) bond motifs is 1. The van der Waals surface area contributed by atoms with Crippen molar-refractivity contribution in [2.45, 2.75) is 25.8 Å². The number of ether oxygens (including phenoxy) is 3. The molecule has 1 fully saturated rings. The second kappa shape index (κ2) is 8.96. The van der Waals surface area contributed by atoms with Crippen molar-refractivity contribution in [2.75, 3.05) is 47.5 Å². The minimum atomic E-state index is 0.160. The highest BCUT2D eigenvalue weighted by Crippen LogP contribution is 2.39. The van der Waals surface area contributed by atoms with Gasteiger partial charge in [0.05, 0.1) is 53.1 Å². The van der Waals surface area contributed by atoms with E-state index in [9.17, 15) is 4.79 Å². The number of hydrogen-bond acceptors (Lipinski definition) is 4. The highest BCUT2D eigenvalue weighted by Gasteiger charge is 2.27. The Balaban J connectivity index is 1.40. The SMILES string of the molecule is COc1ccc(C[NH+]2CCN(C(=O)c3ccc4c(c3)CCC4)CC2)c(OC)c1OC. The van der Waals surface area contributed by atoms with E-state index < -0.39 is 0 Å². The zero-order valence-electron chi connectivity index (χ0n) is 18.1. The van der Waals surface area contributed by atoms with Crippen molar-refractivity contribution in [1.82, 2.24) is 4.90 Å². The predicted molar refractivity (Wildman–Crippen MR) is 115 cm³/mol. The first kappa shape index (κ1) is 20.5. The van der Waals surface area contributed by atoms with Crippen LogP contribution in [0.1, 0.15) is 33.5 Å². The number of methoxy groups -OCH3 is 3. The molecular formula is C24H31N2O4+. The van der Waals surface area contributed by atoms with Crippen LogP contribution in [0.5, 0.6) is 17.2 Å². The molecule has 2 aliphatic rings. The minimum Gasteiger partial charge on any atom is -0.493 e. The van der Waals surface area contributed by atoms with Gasteiger partial charge in [0.2, 0.25) is 5.75 Å². The number of piperazine rings is 1. The Morgan fingerprint density at radius 3 is 2.37 bits per heavy atom. The molecule has 0 aromatic heterocycles. The molecule has 1 N–H and O–H groups in total. The molecule has 0 unspecified atom stereocenters. The average Bonchev–Trinajstić information content (AvgIpc) is 3.26. The molecule has 0 radical (unpaired) electrons. The van der Waals surface area contributed by atoms with Gasteiger partial charge in [0, 0.05) is 5.56 Å². The molecule has 1 aliphatic carbocycles. The Labute approximate surface area is 178 Å². The van der Waals surface area contributed by atoms with Crippen LogP contribution in [0, 0.1) is 0 Å². The van der Waals surface area contributed by atoms with Gasteiger partial charge in [-0.1, -0.05) is 6.07 Å². The molecule has 6 heteroatoms. The van der Waals surface area contributed by atoms with E-state index in [1.165, 1.54) is 22.4 Å². The molecule has 0 atom stereocenters. The van der Waals surface area contributed by atoms with Crippen LogP contribution < -0.4 is 19.1 Å². The molecule has 30 heavy (non-hydrogen) atoms. The summed E-state index contributed by atoms with van der Waals surface area (Å²) in [5, 5.41) is 0. The topological polar surface area (TPSA) is 52.4 Å². The molecule has 2 aromatic carbocycles. The summed E-state index contributed by atoms with van der Waals surface area (Å²) < 4.78 is 16.5. The third kappa shape index (κ3) is 3.97. The van der Waals surface area contributed by atoms with E-state index in [0.717, 1.165) is 62.4 Å². The number of quaternary nitrogens is 1. The van der Waals surface area contributed by atoms with Crippen LogP contribution in [-0.4, -0.2) is 58.3 Å². The largest absolute Gasteiger partial charge is 0.493 e. The van der Waals surface area contributed by atoms with Gasteiger partial charge in [0.25, 0.3) is 5.91 Å². The van der Waals surface area contributed by atoms with Crippen LogP contribution in [-0.2, 0) is 19.4 Å². The summed E-state index contributed by atoms with van der Waals surface area (Å²) in [5.41, 5.74) is 4.68. The van der Waals surface area contributed by atoms with Gasteiger partial charge in [0.1, 0.15) is 6.54 Å². The monoisotopic (exact) mass is 411 g/mol. The predicted octanol–water partition coefficient (Wildman–Crippen LogP) is 1.74. The van der Waals surface area contributed by atoms with Crippen LogP contribution in [0.4, 0.5) is 0 Å². The molecule has 4 rings (SSSR count). The van der Waals surface area contributed by atoms with E-state index in [-0.39, 0.29) is 5.91 Å². The third-order valence-electron chi connectivity index (χ3n) is 6.33. The first-order valence-electron chi connectivity index (χ1n) is 10.7. The minimum absolute atomic E-state index is 0.160. The Morgan fingerprint density at radius 1 is 0.933 bits per heavy atom. The maximum Gasteiger partial charge on any atom is 0.254 e. The summed E-state index contributed by atoms with van der Waals surface area (Å²) in [7, 11) is 4.91. The van der Waals surface area contributed by atoms with Gasteiger partial charge in [-0.05, 0) is 54.7 Å². The fraction of sp³-hybridized carbons (Fsp3) is 0.458. The van der Waals surface area contributed by atoms with E-state index in [0.29, 0.717) is 11.5 Å². The number of rotatable bonds is 6. The first-order chi connectivity index (χ1) is 14.6. The van der Waals surface area contributed by atoms with Crippen LogP contribution in [0.25, 0.3) is 0 Å². The summed E-state index contributed by atoms with van der Waals surface area (Å²) in [5.74, 6) is 2.17. The highest BCUT2D eigenvalue weighted by molar-refractivity contribution is 5.94. The van der Waals surface area contributed by atoms with Crippen molar-refractivity contribution >= 4 is 5.91 Å². The van der Waals surface area contributed by atoms with Crippen molar-refractivity contribution < 1.29 is 23.9 Å². The quantitative estimate of drug-likeness (QED) is 0.787. The summed E-state index contributed by atoms with van der Waals surface area (Å²) >= 11 is 0. The maximum absolute atomic E-state index is 13.0. The van der Waals surface area contributed by atoms with Crippen molar-refractivity contribution in [1.29, 1.82) is 0 Å². The van der Waals surface area contributed by atoms with E-state index in [1.54, 1.807) is 21.3 Å². The lowest BCUT2D eigenvalue weighted by molar-refractivity contribution is -0.917. The molecule has 0 saturated carbocycles. The summed E-state index contributed by atoms with van der Waals surface area (Å²) in [6.45, 7) is 4.18. The lowest BCUT2D eigenvalue weighted by Crippen LogP contribution is -3.13. The number of hydrogen-bond donors (Lipinski definition) is 1. The lowest BCUT2D eigenvalue weighted by Gasteiger charge is -2.32. The zero-order chi connectivity index (χ0) is 21.1. The number of benzene rings is 2. The normalized spacial score (nSPS) is 16.3. The lowest BCUT2D eigenvalue weighted by atomic mass is 10.1. The van der Waals surface area contributed by atoms with Crippen LogP contribution >= 0.6 is 0 Å². The number of nitrogens with zero attached hydrogens (tertiary/aromatic N) is 1. The zero-order valence-corrected chi connectivity index (χ0v) is 18.1. The molecule has 160 valence electrons. The smallest absolute Gasteiger partial charge is 0.254 e. The molecule has 1 amide bonds. The number of carbonyl (C=O) groups excluding carboxylic acids is 1. The van der Waals surface area contributed by atoms with Gasteiger partial charge in [-0.3, -0.25) is 4.79 Å². The summed E-state index contributed by atoms with van der Waals surface area (Å²) in [6, 6.07) is 10.2. The molecule has 0 spiro atoms. The maximum atomic E-state index is 13.0. The van der Waals surface area contributed by atoms with Crippen LogP contribution in [0.2, 0.25) is 0 Å². The number of amides is 1. The Kier molecular flexibility index (Phi) is 6.13. The molecular weight excluding hydrogens is 380 g/mol. The van der Waals surface area contributed by atoms with Crippen LogP contribution in [0.15, 0.2) is 30.3 Å². The number of carbonyl (C=O) groups is 1. The van der Waals surface area contributed by atoms with Gasteiger partial charge < -0.3 is 24.0 Å². The van der Waals surface area contributed by atoms with Gasteiger partial charge in [0.15, 0.2) is 11.5 Å². The van der Waals surface area contributed by atoms with E-state index >= 15 is 0 Å². The van der Waals surface area contributed by atoms with Crippen molar-refractivity contribution in [3.8, 4) is 17.2 Å². The third-order valence-corrected chi connectivity index (χ3v) is 6.33. The Morgan fingerprint density at radius 2 is 1.67 bits per heavy atom. The molecule has 6 nitrogen and oxygen atoms in total. The van der Waals surface area contributed by atoms with E-state index in [1.807, 2.05) is 23.1 Å². The molecule has 2 aromatic rings. The fourth-order valence-corrected chi connectivity index (χ4v) is 4.66. The standard InChI is InChI=1S/C24H30N2O4/c1-28-21-10-9-20(22(29-2)23(21)30-3)16-25-11-13-26(14-12-25)24(27)19-8-7-17-5-4-6-18(17)15-19/h7-10,15H,4-6,11-14,16H2,1-3H3/p+1. The summed E-state index contributed by atoms with van der Waals surface area (Å²) in [4.78, 5) is 16.4. The molecule has 1 aliphatic heterocycles. The highest BCUT2D eigenvalue weighted by atomic mass is 16.5. The second-order valence-electron chi connectivity index (χ2n) is 8.05. The average molecular weight is 412 g/mol. The van der Waals surface area contributed by atoms with Crippen molar-refractivity contribution in [3.63, 3.8) is 0 Å². The second-order valence-corrected chi connectivity index (χ2v) is 8.05. The van der Waals surface area contributed by atoms with E-state index in [2.05, 4.69) is 12.1 Å². The molecule has 1 saturated heterocycles. The van der Waals surface area contributed by atoms with Crippen molar-refractivity contribution in [2.24, 2.45) is 0 Å². The van der Waals surface area contributed by atoms with Crippen LogP contribution in [0.3, 0.4) is 0 Å². The molecule has 1 heterocycles. The van der Waals surface area contributed by atoms with Gasteiger partial charge in [-0.25, -0.2) is 0 Å². The fourth-order valence-electron chi connectivity index (χ4n) is 4.66. The number of nitrogens with one attached hydrogen (secondary N) is 1. The summed E-state index contributed by atoms with van der Waals surface area (Å²) in [6.07, 6.45) is 3.45. The Hall–Kier alpha value is -2.73. The number of aryl methyl sites for hydroxylation is 2. The van der Waals surface area contributed by atoms with Gasteiger partial charge in [-0.2, -0.15) is 0 Å². The Bertz CT molecular complexity index is 920. The molecule has 0 bridgehead atoms. The van der Waals surface area contributed by atoms with Gasteiger partial charge in [-0.15, -0.1) is 0 Å². The van der Waals surface area contributed by atoms with Crippen molar-refractivity contribution in [3.05, 3.63) is 52.6 Å². The first-order valence-corrected chi connectivity index (χ1v) is 10.7.